The van der Waals surface area contributed by atoms with Crippen LogP contribution in [0.15, 0.2) is 121 Å². The molecule has 0 bridgehead atoms. The van der Waals surface area contributed by atoms with Crippen LogP contribution >= 0.6 is 0 Å². The first-order chi connectivity index (χ1) is 20.0. The molecule has 0 radical (unpaired) electrons. The fraction of sp³-hybridized carbons (Fsp3) is 0.211. The molecule has 41 heavy (non-hydrogen) atoms. The van der Waals surface area contributed by atoms with E-state index in [2.05, 4.69) is 127 Å². The van der Waals surface area contributed by atoms with Gasteiger partial charge >= 0.3 is 0 Å². The zero-order valence-electron chi connectivity index (χ0n) is 23.9. The van der Waals surface area contributed by atoms with E-state index < -0.39 is 0 Å². The molecule has 0 amide bonds. The van der Waals surface area contributed by atoms with Crippen LogP contribution in [0, 0.1) is 11.7 Å². The summed E-state index contributed by atoms with van der Waals surface area (Å²) < 4.78 is 19.1. The molecule has 0 fully saturated rings. The molecule has 5 aromatic rings. The summed E-state index contributed by atoms with van der Waals surface area (Å²) in [5, 5.41) is 0. The number of benzene rings is 3. The van der Waals surface area contributed by atoms with Gasteiger partial charge in [0.05, 0.1) is 11.5 Å². The Bertz CT molecular complexity index is 1820. The van der Waals surface area contributed by atoms with E-state index in [0.29, 0.717) is 17.9 Å². The third kappa shape index (κ3) is 4.50. The van der Waals surface area contributed by atoms with Gasteiger partial charge in [0.1, 0.15) is 12.9 Å². The van der Waals surface area contributed by atoms with Crippen molar-refractivity contribution in [3.05, 3.63) is 144 Å². The highest BCUT2D eigenvalue weighted by Crippen LogP contribution is 2.50. The van der Waals surface area contributed by atoms with Crippen molar-refractivity contribution in [2.45, 2.75) is 38.6 Å². The number of aryl methyl sites for hydroxylation is 1. The summed E-state index contributed by atoms with van der Waals surface area (Å²) in [6.45, 7) is 4.26. The average molecular weight is 539 g/mol. The van der Waals surface area contributed by atoms with E-state index in [9.17, 15) is 4.39 Å². The summed E-state index contributed by atoms with van der Waals surface area (Å²) in [6.07, 6.45) is 8.52. The van der Waals surface area contributed by atoms with Gasteiger partial charge in [-0.15, -0.1) is 0 Å². The minimum Gasteiger partial charge on any atom is -0.207 e. The van der Waals surface area contributed by atoms with Crippen LogP contribution in [0.4, 0.5) is 4.39 Å². The number of rotatable bonds is 6. The molecular weight excluding hydrogens is 503 g/mol. The molecule has 2 nitrogen and oxygen atoms in total. The number of halogens is 1. The van der Waals surface area contributed by atoms with Gasteiger partial charge in [-0.2, -0.15) is 4.57 Å². The van der Waals surface area contributed by atoms with Crippen molar-refractivity contribution in [3.8, 4) is 33.6 Å². The molecule has 2 aliphatic rings. The van der Waals surface area contributed by atoms with Crippen LogP contribution in [0.1, 0.15) is 42.5 Å². The van der Waals surface area contributed by atoms with Gasteiger partial charge in [0.25, 0.3) is 0 Å². The molecule has 3 heterocycles. The van der Waals surface area contributed by atoms with Crippen molar-refractivity contribution in [1.29, 1.82) is 0 Å². The predicted molar refractivity (Wildman–Crippen MR) is 163 cm³/mol. The molecule has 1 aliphatic heterocycles. The Balaban J connectivity index is 1.21. The lowest BCUT2D eigenvalue weighted by Crippen LogP contribution is -2.50. The monoisotopic (exact) mass is 538 g/mol. The second-order valence-corrected chi connectivity index (χ2v) is 11.9. The minimum atomic E-state index is -0.118. The quantitative estimate of drug-likeness (QED) is 0.153. The number of allylic oxidation sites excluding steroid dienone is 2. The Morgan fingerprint density at radius 2 is 1.51 bits per heavy atom. The van der Waals surface area contributed by atoms with Crippen LogP contribution in [-0.2, 0) is 19.9 Å². The maximum Gasteiger partial charge on any atom is 0.213 e. The van der Waals surface area contributed by atoms with Gasteiger partial charge in [-0.25, -0.2) is 8.96 Å². The zero-order chi connectivity index (χ0) is 28.1. The lowest BCUT2D eigenvalue weighted by molar-refractivity contribution is -0.709. The number of aromatic nitrogens is 2. The highest BCUT2D eigenvalue weighted by Gasteiger charge is 2.46. The van der Waals surface area contributed by atoms with E-state index in [-0.39, 0.29) is 5.82 Å². The van der Waals surface area contributed by atoms with Crippen LogP contribution in [0.2, 0.25) is 0 Å². The Labute approximate surface area is 242 Å². The van der Waals surface area contributed by atoms with Gasteiger partial charge in [0, 0.05) is 29.3 Å². The van der Waals surface area contributed by atoms with Crippen molar-refractivity contribution < 1.29 is 13.5 Å². The summed E-state index contributed by atoms with van der Waals surface area (Å²) in [6, 6.07) is 34.4. The molecule has 202 valence electrons. The topological polar surface area (TPSA) is 7.76 Å². The number of hydrogen-bond acceptors (Lipinski definition) is 0. The third-order valence-electron chi connectivity index (χ3n) is 8.74. The van der Waals surface area contributed by atoms with Gasteiger partial charge in [-0.05, 0) is 89.1 Å². The van der Waals surface area contributed by atoms with E-state index in [4.69, 9.17) is 0 Å². The van der Waals surface area contributed by atoms with Crippen molar-refractivity contribution in [3.63, 3.8) is 0 Å². The first kappa shape index (κ1) is 25.6. The van der Waals surface area contributed by atoms with E-state index in [0.717, 1.165) is 29.5 Å². The largest absolute Gasteiger partial charge is 0.213 e. The van der Waals surface area contributed by atoms with E-state index in [1.54, 1.807) is 6.07 Å². The maximum atomic E-state index is 14.4. The summed E-state index contributed by atoms with van der Waals surface area (Å²) in [4.78, 5) is 0. The van der Waals surface area contributed by atoms with Crippen LogP contribution in [0.3, 0.4) is 0 Å². The normalized spacial score (nSPS) is 16.9. The number of hydrogen-bond donors (Lipinski definition) is 0. The number of pyridine rings is 2. The van der Waals surface area contributed by atoms with E-state index in [1.807, 2.05) is 12.1 Å². The molecule has 0 N–H and O–H groups in total. The van der Waals surface area contributed by atoms with E-state index in [1.165, 1.54) is 39.2 Å². The fourth-order valence-electron chi connectivity index (χ4n) is 6.81. The second-order valence-electron chi connectivity index (χ2n) is 11.9. The van der Waals surface area contributed by atoms with E-state index >= 15 is 0 Å². The van der Waals surface area contributed by atoms with Crippen LogP contribution in [0.5, 0.6) is 0 Å². The highest BCUT2D eigenvalue weighted by molar-refractivity contribution is 5.69. The highest BCUT2D eigenvalue weighted by atomic mass is 19.1. The second kappa shape index (κ2) is 10.2. The van der Waals surface area contributed by atoms with Crippen molar-refractivity contribution >= 4 is 0 Å². The lowest BCUT2D eigenvalue weighted by Gasteiger charge is -2.37. The molecule has 3 aromatic carbocycles. The Kier molecular flexibility index (Phi) is 6.38. The molecule has 0 spiro atoms. The first-order valence-electron chi connectivity index (χ1n) is 14.6. The first-order valence-corrected chi connectivity index (χ1v) is 14.6. The lowest BCUT2D eigenvalue weighted by atomic mass is 9.69. The Morgan fingerprint density at radius 1 is 0.756 bits per heavy atom. The zero-order valence-corrected chi connectivity index (χ0v) is 23.9. The van der Waals surface area contributed by atoms with Gasteiger partial charge in [-0.1, -0.05) is 56.3 Å². The van der Waals surface area contributed by atoms with Gasteiger partial charge in [0.15, 0.2) is 18.4 Å². The van der Waals surface area contributed by atoms with Gasteiger partial charge in [-0.3, -0.25) is 0 Å². The van der Waals surface area contributed by atoms with Gasteiger partial charge in [0.2, 0.25) is 11.4 Å². The minimum absolute atomic E-state index is 0.118. The third-order valence-corrected chi connectivity index (χ3v) is 8.74. The van der Waals surface area contributed by atoms with Crippen molar-refractivity contribution in [2.24, 2.45) is 13.0 Å². The fourth-order valence-corrected chi connectivity index (χ4v) is 6.81. The molecule has 2 aromatic heterocycles. The van der Waals surface area contributed by atoms with Crippen molar-refractivity contribution in [1.82, 2.24) is 0 Å². The predicted octanol–water partition coefficient (Wildman–Crippen LogP) is 7.96. The number of nitrogens with zero attached hydrogens (tertiary/aromatic N) is 2. The molecule has 0 saturated heterocycles. The molecule has 2 atom stereocenters. The average Bonchev–Trinajstić information content (AvgIpc) is 2.96. The summed E-state index contributed by atoms with van der Waals surface area (Å²) in [5.41, 5.74) is 12.3. The Morgan fingerprint density at radius 3 is 2.34 bits per heavy atom. The molecule has 3 heteroatoms. The van der Waals surface area contributed by atoms with Gasteiger partial charge < -0.3 is 0 Å². The smallest absolute Gasteiger partial charge is 0.207 e. The molecule has 2 unspecified atom stereocenters. The SMILES string of the molecule is CC(C)Cc1cc(-c2ccc(-c3ccccc3CC3=CC4C3c3ccccc3-c3cccc[n+]34)[n+](C)c2)ccc1F. The molecule has 1 aliphatic carbocycles. The Hall–Kier alpha value is -4.37. The summed E-state index contributed by atoms with van der Waals surface area (Å²) >= 11 is 0. The summed E-state index contributed by atoms with van der Waals surface area (Å²) in [5.74, 6) is 0.687. The molecular formula is C38H35FN2+2. The van der Waals surface area contributed by atoms with Crippen LogP contribution in [-0.4, -0.2) is 0 Å². The summed E-state index contributed by atoms with van der Waals surface area (Å²) in [7, 11) is 2.11. The molecule has 0 saturated carbocycles. The van der Waals surface area contributed by atoms with Crippen LogP contribution < -0.4 is 9.13 Å². The maximum absolute atomic E-state index is 14.4. The standard InChI is InChI=1S/C38H35FN2/c1-25(2)20-29-21-26(15-17-34(29)39)28-16-18-35(40(3)24-28)31-11-5-4-10-27(31)22-30-23-37-38(30)33-13-7-6-12-32(33)36-14-8-9-19-41(36)37/h4-19,21,23-25,37-38H,20,22H2,1-3H3/q+2. The van der Waals surface area contributed by atoms with Crippen molar-refractivity contribution in [2.75, 3.05) is 0 Å². The van der Waals surface area contributed by atoms with Crippen LogP contribution in [0.25, 0.3) is 33.6 Å². The number of fused-ring (bicyclic) bond motifs is 6. The molecule has 7 rings (SSSR count).